The third-order valence-corrected chi connectivity index (χ3v) is 5.67. The minimum atomic E-state index is -0.275. The number of hydrogen-bond donors (Lipinski definition) is 1. The summed E-state index contributed by atoms with van der Waals surface area (Å²) in [7, 11) is 0. The van der Waals surface area contributed by atoms with Gasteiger partial charge in [-0.1, -0.05) is 38.1 Å². The Kier molecular flexibility index (Phi) is 5.01. The molecule has 0 spiro atoms. The number of aromatic nitrogens is 1. The number of rotatable bonds is 5. The van der Waals surface area contributed by atoms with Crippen molar-refractivity contribution in [3.63, 3.8) is 0 Å². The molecular formula is C23H21FN2OS. The Morgan fingerprint density at radius 2 is 1.89 bits per heavy atom. The van der Waals surface area contributed by atoms with Gasteiger partial charge in [0.2, 0.25) is 0 Å². The number of carbonyl (C=O) groups excluding carboxylic acids is 1. The summed E-state index contributed by atoms with van der Waals surface area (Å²) in [6.07, 6.45) is 0. The highest BCUT2D eigenvalue weighted by Crippen LogP contribution is 2.27. The molecule has 1 amide bonds. The number of halogens is 1. The van der Waals surface area contributed by atoms with Crippen LogP contribution in [-0.4, -0.2) is 10.5 Å². The second-order valence-electron chi connectivity index (χ2n) is 7.15. The predicted molar refractivity (Wildman–Crippen MR) is 114 cm³/mol. The van der Waals surface area contributed by atoms with E-state index in [1.54, 1.807) is 17.4 Å². The van der Waals surface area contributed by atoms with E-state index in [1.807, 2.05) is 52.4 Å². The van der Waals surface area contributed by atoms with Gasteiger partial charge in [0.05, 0.1) is 10.2 Å². The first-order chi connectivity index (χ1) is 13.5. The summed E-state index contributed by atoms with van der Waals surface area (Å²) < 4.78 is 16.6. The number of fused-ring (bicyclic) bond motifs is 1. The van der Waals surface area contributed by atoms with E-state index in [4.69, 9.17) is 0 Å². The molecule has 0 bridgehead atoms. The highest BCUT2D eigenvalue weighted by molar-refractivity contribution is 7.17. The van der Waals surface area contributed by atoms with Gasteiger partial charge in [-0.25, -0.2) is 4.39 Å². The van der Waals surface area contributed by atoms with Crippen LogP contribution >= 0.6 is 11.3 Å². The number of nitrogens with one attached hydrogen (secondary N) is 1. The molecule has 0 aliphatic rings. The Hall–Kier alpha value is -2.92. The maximum Gasteiger partial charge on any atom is 0.272 e. The normalized spacial score (nSPS) is 11.3. The van der Waals surface area contributed by atoms with Gasteiger partial charge in [0.25, 0.3) is 5.91 Å². The second kappa shape index (κ2) is 7.60. The number of nitrogens with zero attached hydrogens (tertiary/aromatic N) is 1. The molecule has 0 fully saturated rings. The molecule has 142 valence electrons. The fraction of sp³-hybridized carbons (Fsp3) is 0.174. The van der Waals surface area contributed by atoms with Crippen molar-refractivity contribution >= 4 is 33.1 Å². The predicted octanol–water partition coefficient (Wildman–Crippen LogP) is 6.27. The van der Waals surface area contributed by atoms with Gasteiger partial charge in [-0.15, -0.1) is 11.3 Å². The summed E-state index contributed by atoms with van der Waals surface area (Å²) in [4.78, 5) is 13.0. The van der Waals surface area contributed by atoms with Gasteiger partial charge >= 0.3 is 0 Å². The van der Waals surface area contributed by atoms with E-state index in [0.717, 1.165) is 21.5 Å². The first kappa shape index (κ1) is 18.4. The van der Waals surface area contributed by atoms with Crippen molar-refractivity contribution in [2.75, 3.05) is 5.32 Å². The molecule has 28 heavy (non-hydrogen) atoms. The molecule has 5 heteroatoms. The van der Waals surface area contributed by atoms with Crippen LogP contribution in [0.5, 0.6) is 0 Å². The summed E-state index contributed by atoms with van der Waals surface area (Å²) in [5.41, 5.74) is 4.36. The maximum absolute atomic E-state index is 13.6. The third kappa shape index (κ3) is 3.71. The second-order valence-corrected chi connectivity index (χ2v) is 8.09. The molecule has 2 heterocycles. The van der Waals surface area contributed by atoms with Crippen molar-refractivity contribution in [1.29, 1.82) is 0 Å². The number of anilines is 1. The zero-order valence-electron chi connectivity index (χ0n) is 15.8. The van der Waals surface area contributed by atoms with E-state index in [0.29, 0.717) is 18.2 Å². The van der Waals surface area contributed by atoms with Crippen LogP contribution in [0.25, 0.3) is 10.2 Å². The van der Waals surface area contributed by atoms with Crippen LogP contribution in [0.15, 0.2) is 66.0 Å². The zero-order chi connectivity index (χ0) is 19.7. The topological polar surface area (TPSA) is 34.0 Å². The van der Waals surface area contributed by atoms with Gasteiger partial charge < -0.3 is 9.88 Å². The van der Waals surface area contributed by atoms with Crippen LogP contribution in [0.2, 0.25) is 0 Å². The molecule has 4 aromatic rings. The van der Waals surface area contributed by atoms with E-state index in [9.17, 15) is 9.18 Å². The van der Waals surface area contributed by atoms with Gasteiger partial charge in [-0.05, 0) is 58.8 Å². The Bertz CT molecular complexity index is 1130. The molecule has 4 rings (SSSR count). The Labute approximate surface area is 167 Å². The van der Waals surface area contributed by atoms with Crippen molar-refractivity contribution < 1.29 is 9.18 Å². The molecule has 0 radical (unpaired) electrons. The van der Waals surface area contributed by atoms with Gasteiger partial charge in [-0.3, -0.25) is 4.79 Å². The molecule has 2 aromatic carbocycles. The summed E-state index contributed by atoms with van der Waals surface area (Å²) >= 11 is 1.59. The van der Waals surface area contributed by atoms with Crippen molar-refractivity contribution in [2.45, 2.75) is 26.3 Å². The number of thiophene rings is 1. The number of amides is 1. The Morgan fingerprint density at radius 3 is 2.61 bits per heavy atom. The highest BCUT2D eigenvalue weighted by Gasteiger charge is 2.17. The van der Waals surface area contributed by atoms with Crippen LogP contribution < -0.4 is 5.32 Å². The third-order valence-electron chi connectivity index (χ3n) is 4.82. The van der Waals surface area contributed by atoms with Crippen LogP contribution in [0.4, 0.5) is 10.1 Å². The van der Waals surface area contributed by atoms with Crippen LogP contribution in [0.1, 0.15) is 41.4 Å². The fourth-order valence-electron chi connectivity index (χ4n) is 3.30. The monoisotopic (exact) mass is 392 g/mol. The Balaban J connectivity index is 1.64. The lowest BCUT2D eigenvalue weighted by atomic mass is 10.0. The molecule has 0 saturated carbocycles. The van der Waals surface area contributed by atoms with Gasteiger partial charge in [0, 0.05) is 12.2 Å². The van der Waals surface area contributed by atoms with Gasteiger partial charge in [-0.2, -0.15) is 0 Å². The van der Waals surface area contributed by atoms with E-state index in [2.05, 4.69) is 19.2 Å². The van der Waals surface area contributed by atoms with Crippen molar-refractivity contribution in [1.82, 2.24) is 4.57 Å². The van der Waals surface area contributed by atoms with Crippen LogP contribution in [-0.2, 0) is 6.54 Å². The molecule has 2 aromatic heterocycles. The molecule has 0 aliphatic carbocycles. The number of carbonyl (C=O) groups is 1. The Morgan fingerprint density at radius 1 is 1.11 bits per heavy atom. The van der Waals surface area contributed by atoms with Crippen LogP contribution in [0, 0.1) is 5.82 Å². The molecule has 0 atom stereocenters. The zero-order valence-corrected chi connectivity index (χ0v) is 16.6. The van der Waals surface area contributed by atoms with Gasteiger partial charge in [0.1, 0.15) is 11.5 Å². The van der Waals surface area contributed by atoms with Crippen molar-refractivity contribution in [3.05, 3.63) is 88.7 Å². The smallest absolute Gasteiger partial charge is 0.272 e. The minimum absolute atomic E-state index is 0.169. The average Bonchev–Trinajstić information content (AvgIpc) is 3.25. The summed E-state index contributed by atoms with van der Waals surface area (Å²) in [5.74, 6) is -0.000370. The van der Waals surface area contributed by atoms with E-state index >= 15 is 0 Å². The molecule has 0 unspecified atom stereocenters. The first-order valence-electron chi connectivity index (χ1n) is 9.24. The molecular weight excluding hydrogens is 371 g/mol. The summed E-state index contributed by atoms with van der Waals surface area (Å²) in [5, 5.41) is 4.98. The minimum Gasteiger partial charge on any atom is -0.331 e. The molecule has 0 aliphatic heterocycles. The summed E-state index contributed by atoms with van der Waals surface area (Å²) in [6, 6.07) is 18.3. The first-order valence-corrected chi connectivity index (χ1v) is 10.1. The highest BCUT2D eigenvalue weighted by atomic mass is 32.1. The van der Waals surface area contributed by atoms with E-state index in [-0.39, 0.29) is 11.7 Å². The summed E-state index contributed by atoms with van der Waals surface area (Å²) in [6.45, 7) is 4.71. The van der Waals surface area contributed by atoms with E-state index in [1.165, 1.54) is 17.7 Å². The SMILES string of the molecule is CC(C)c1ccc(NC(=O)c2cc3sccc3n2Cc2cccc(F)c2)cc1. The lowest BCUT2D eigenvalue weighted by molar-refractivity contribution is 0.101. The lowest BCUT2D eigenvalue weighted by Gasteiger charge is -2.12. The molecule has 0 saturated heterocycles. The largest absolute Gasteiger partial charge is 0.331 e. The fourth-order valence-corrected chi connectivity index (χ4v) is 4.12. The average molecular weight is 392 g/mol. The van der Waals surface area contributed by atoms with Crippen molar-refractivity contribution in [3.8, 4) is 0 Å². The quantitative estimate of drug-likeness (QED) is 0.427. The maximum atomic E-state index is 13.6. The standard InChI is InChI=1S/C23H21FN2OS/c1-15(2)17-6-8-19(9-7-17)25-23(27)21-13-22-20(10-11-28-22)26(21)14-16-4-3-5-18(24)12-16/h3-13,15H,14H2,1-2H3,(H,25,27). The number of benzene rings is 2. The number of hydrogen-bond acceptors (Lipinski definition) is 2. The van der Waals surface area contributed by atoms with E-state index < -0.39 is 0 Å². The van der Waals surface area contributed by atoms with Gasteiger partial charge in [0.15, 0.2) is 0 Å². The van der Waals surface area contributed by atoms with Crippen molar-refractivity contribution in [2.24, 2.45) is 0 Å². The lowest BCUT2D eigenvalue weighted by Crippen LogP contribution is -2.17. The van der Waals surface area contributed by atoms with Crippen LogP contribution in [0.3, 0.4) is 0 Å². The molecule has 1 N–H and O–H groups in total. The molecule has 3 nitrogen and oxygen atoms in total.